The van der Waals surface area contributed by atoms with Crippen molar-refractivity contribution in [2.75, 3.05) is 0 Å². The van der Waals surface area contributed by atoms with Gasteiger partial charge in [0.25, 0.3) is 0 Å². The maximum atomic E-state index is 0. The van der Waals surface area contributed by atoms with Crippen molar-refractivity contribution in [3.8, 4) is 0 Å². The van der Waals surface area contributed by atoms with Crippen LogP contribution in [0.3, 0.4) is 0 Å². The van der Waals surface area contributed by atoms with Gasteiger partial charge in [-0.1, -0.05) is 0 Å². The van der Waals surface area contributed by atoms with Crippen molar-refractivity contribution in [3.05, 3.63) is 0 Å². The van der Waals surface area contributed by atoms with Crippen LogP contribution in [0.1, 0.15) is 0 Å². The predicted molar refractivity (Wildman–Crippen MR) is 34.5 cm³/mol. The molecule has 0 saturated carbocycles. The Balaban J connectivity index is 0. The Bertz CT molecular complexity index is 4.14. The molecule has 0 aromatic heterocycles. The molecule has 0 spiro atoms. The Hall–Kier alpha value is 1.49. The molecule has 0 nitrogen and oxygen atoms in total. The van der Waals surface area contributed by atoms with Gasteiger partial charge in [0.05, 0.1) is 0 Å². The van der Waals surface area contributed by atoms with Crippen LogP contribution >= 0.6 is 0 Å². The van der Waals surface area contributed by atoms with Crippen molar-refractivity contribution in [1.82, 2.24) is 0 Å². The van der Waals surface area contributed by atoms with Gasteiger partial charge in [0.15, 0.2) is 0 Å². The van der Waals surface area contributed by atoms with Crippen molar-refractivity contribution in [2.24, 2.45) is 0 Å². The van der Waals surface area contributed by atoms with Crippen molar-refractivity contribution in [1.29, 1.82) is 0 Å². The molecule has 0 bridgehead atoms. The van der Waals surface area contributed by atoms with Crippen molar-refractivity contribution < 1.29 is 32.7 Å². The zero-order valence-electron chi connectivity index (χ0n) is 4.04. The van der Waals surface area contributed by atoms with E-state index in [0.717, 1.165) is 0 Å². The predicted octanol–water partition coefficient (Wildman–Crippen LogP) is -2.29. The van der Waals surface area contributed by atoms with E-state index in [1.54, 1.807) is 0 Å². The Morgan fingerprint density at radius 2 is 0.286 bits per heavy atom. The van der Waals surface area contributed by atoms with Crippen molar-refractivity contribution in [3.63, 3.8) is 0 Å². The molecule has 7 heteroatoms. The average molecular weight is 154 g/mol. The second-order valence-corrected chi connectivity index (χ2v) is 0. The summed E-state index contributed by atoms with van der Waals surface area (Å²) in [6.45, 7) is 0. The first kappa shape index (κ1) is 214. The van der Waals surface area contributed by atoms with Gasteiger partial charge in [0.1, 0.15) is 0 Å². The van der Waals surface area contributed by atoms with E-state index in [1.165, 1.54) is 0 Å². The van der Waals surface area contributed by atoms with Crippen LogP contribution in [0.15, 0.2) is 0 Å². The molecule has 0 N–H and O–H groups in total. The van der Waals surface area contributed by atoms with Gasteiger partial charge >= 0.3 is 0 Å². The monoisotopic (exact) mass is 155 g/mol. The SMILES string of the molecule is [B].[B].[B].[B].[B].[B].[Y]. The standard InChI is InChI=1S/6B.Y. The summed E-state index contributed by atoms with van der Waals surface area (Å²) < 4.78 is 0. The molecule has 0 atom stereocenters. The largest absolute Gasteiger partial charge is 0 e. The molecule has 0 aliphatic rings. The summed E-state index contributed by atoms with van der Waals surface area (Å²) in [5.74, 6) is 0. The molecule has 0 saturated heterocycles. The molecule has 0 amide bonds. The molecule has 0 rings (SSSR count). The van der Waals surface area contributed by atoms with Gasteiger partial charge < -0.3 is 0 Å². The molecular weight excluding hydrogens is 154 g/mol. The zero-order chi connectivity index (χ0) is 0. The Morgan fingerprint density at radius 1 is 0.286 bits per heavy atom. The van der Waals surface area contributed by atoms with Gasteiger partial charge in [0, 0.05) is 83.2 Å². The summed E-state index contributed by atoms with van der Waals surface area (Å²) in [4.78, 5) is 0. The van der Waals surface area contributed by atoms with Gasteiger partial charge in [-0.05, 0) is 0 Å². The summed E-state index contributed by atoms with van der Waals surface area (Å²) in [7, 11) is 0. The molecule has 0 unspecified atom stereocenters. The van der Waals surface area contributed by atoms with Crippen LogP contribution in [0.5, 0.6) is 0 Å². The van der Waals surface area contributed by atoms with Gasteiger partial charge in [-0.15, -0.1) is 0 Å². The number of hydrogen-bond acceptors (Lipinski definition) is 0. The molecular formula is B6Y. The van der Waals surface area contributed by atoms with Crippen LogP contribution in [0.25, 0.3) is 0 Å². The first-order chi connectivity index (χ1) is 0. The normalized spacial score (nSPS) is 0. The molecule has 7 heavy (non-hydrogen) atoms. The molecule has 0 heterocycles. The van der Waals surface area contributed by atoms with Crippen LogP contribution in [0.2, 0.25) is 0 Å². The fourth-order valence-corrected chi connectivity index (χ4v) is 0. The third kappa shape index (κ3) is 101. The van der Waals surface area contributed by atoms with Gasteiger partial charge in [-0.2, -0.15) is 0 Å². The van der Waals surface area contributed by atoms with E-state index in [-0.39, 0.29) is 83.2 Å². The molecule has 0 fully saturated rings. The molecule has 0 aliphatic heterocycles. The molecule has 0 aromatic carbocycles. The van der Waals surface area contributed by atoms with Crippen LogP contribution in [0.4, 0.5) is 0 Å². The average Bonchev–Trinajstić information content (AvgIpc) is 0. The minimum atomic E-state index is 0. The van der Waals surface area contributed by atoms with Gasteiger partial charge in [-0.3, -0.25) is 0 Å². The quantitative estimate of drug-likeness (QED) is 0.344. The first-order valence-electron chi connectivity index (χ1n) is 0. The van der Waals surface area contributed by atoms with E-state index in [9.17, 15) is 0 Å². The molecule has 0 aliphatic carbocycles. The fourth-order valence-electron chi connectivity index (χ4n) is 0. The Kier molecular flexibility index (Phi) is 4330. The summed E-state index contributed by atoms with van der Waals surface area (Å²) in [5.41, 5.74) is 0. The maximum Gasteiger partial charge on any atom is 0 e. The maximum absolute atomic E-state index is 0. The van der Waals surface area contributed by atoms with Crippen LogP contribution in [-0.4, -0.2) is 50.5 Å². The topological polar surface area (TPSA) is 0 Å². The minimum absolute atomic E-state index is 0. The van der Waals surface area contributed by atoms with E-state index < -0.39 is 0 Å². The molecule has 0 aromatic rings. The first-order valence-corrected chi connectivity index (χ1v) is 0. The summed E-state index contributed by atoms with van der Waals surface area (Å²) >= 11 is 0. The van der Waals surface area contributed by atoms with Crippen LogP contribution < -0.4 is 0 Å². The van der Waals surface area contributed by atoms with E-state index in [2.05, 4.69) is 0 Å². The van der Waals surface area contributed by atoms with Crippen LogP contribution in [0, 0.1) is 0 Å². The smallest absolute Gasteiger partial charge is 0 e. The van der Waals surface area contributed by atoms with E-state index in [4.69, 9.17) is 0 Å². The van der Waals surface area contributed by atoms with E-state index in [1.807, 2.05) is 0 Å². The summed E-state index contributed by atoms with van der Waals surface area (Å²) in [6.07, 6.45) is 0. The van der Waals surface area contributed by atoms with Crippen molar-refractivity contribution in [2.45, 2.75) is 0 Å². The van der Waals surface area contributed by atoms with Crippen molar-refractivity contribution >= 4 is 50.5 Å². The van der Waals surface area contributed by atoms with E-state index >= 15 is 0 Å². The number of hydrogen-bond donors (Lipinski definition) is 0. The number of rotatable bonds is 0. The van der Waals surface area contributed by atoms with Crippen LogP contribution in [-0.2, 0) is 32.7 Å². The molecule has 19 radical (unpaired) electrons. The molecule has 21 valence electrons. The third-order valence-corrected chi connectivity index (χ3v) is 0. The Labute approximate surface area is 82.7 Å². The van der Waals surface area contributed by atoms with Gasteiger partial charge in [-0.25, -0.2) is 0 Å². The fraction of sp³-hybridized carbons (Fsp3) is 0. The Morgan fingerprint density at radius 3 is 0.286 bits per heavy atom. The van der Waals surface area contributed by atoms with Gasteiger partial charge in [0.2, 0.25) is 0 Å². The second kappa shape index (κ2) is 142. The second-order valence-electron chi connectivity index (χ2n) is 0. The summed E-state index contributed by atoms with van der Waals surface area (Å²) in [6, 6.07) is 0. The zero-order valence-corrected chi connectivity index (χ0v) is 6.88. The van der Waals surface area contributed by atoms with E-state index in [0.29, 0.717) is 0 Å². The third-order valence-electron chi connectivity index (χ3n) is 0. The minimum Gasteiger partial charge on any atom is 0 e. The summed E-state index contributed by atoms with van der Waals surface area (Å²) in [5, 5.41) is 0.